The second kappa shape index (κ2) is 7.88. The van der Waals surface area contributed by atoms with Gasteiger partial charge in [-0.25, -0.2) is 0 Å². The third-order valence-electron chi connectivity index (χ3n) is 5.52. The van der Waals surface area contributed by atoms with Gasteiger partial charge in [-0.3, -0.25) is 0 Å². The van der Waals surface area contributed by atoms with Gasteiger partial charge in [0.15, 0.2) is 0 Å². The highest BCUT2D eigenvalue weighted by Gasteiger charge is 2.13. The highest BCUT2D eigenvalue weighted by Crippen LogP contribution is 2.36. The van der Waals surface area contributed by atoms with E-state index < -0.39 is 0 Å². The first-order valence-corrected chi connectivity index (χ1v) is 10.3. The van der Waals surface area contributed by atoms with Crippen LogP contribution in [0.15, 0.2) is 121 Å². The van der Waals surface area contributed by atoms with Crippen molar-refractivity contribution < 1.29 is 0 Å². The zero-order valence-electron chi connectivity index (χ0n) is 17.0. The fourth-order valence-electron chi connectivity index (χ4n) is 3.89. The van der Waals surface area contributed by atoms with Gasteiger partial charge in [0, 0.05) is 17.1 Å². The minimum atomic E-state index is 1.15. The van der Waals surface area contributed by atoms with E-state index in [-0.39, 0.29) is 0 Å². The summed E-state index contributed by atoms with van der Waals surface area (Å²) in [4.78, 5) is 2.31. The molecule has 1 heteroatoms. The van der Waals surface area contributed by atoms with Crippen LogP contribution < -0.4 is 4.90 Å². The van der Waals surface area contributed by atoms with E-state index in [0.29, 0.717) is 0 Å². The van der Waals surface area contributed by atoms with E-state index in [1.165, 1.54) is 27.5 Å². The quantitative estimate of drug-likeness (QED) is 0.301. The first kappa shape index (κ1) is 18.2. The predicted molar refractivity (Wildman–Crippen MR) is 129 cm³/mol. The highest BCUT2D eigenvalue weighted by atomic mass is 15.1. The van der Waals surface area contributed by atoms with Crippen molar-refractivity contribution in [3.05, 3.63) is 127 Å². The number of fused-ring (bicyclic) bond motifs is 1. The van der Waals surface area contributed by atoms with Crippen molar-refractivity contribution in [1.82, 2.24) is 0 Å². The molecule has 144 valence electrons. The van der Waals surface area contributed by atoms with E-state index in [9.17, 15) is 0 Å². The molecular formula is C29H23N. The molecule has 0 aliphatic rings. The van der Waals surface area contributed by atoms with Gasteiger partial charge < -0.3 is 4.90 Å². The van der Waals surface area contributed by atoms with Crippen molar-refractivity contribution in [2.24, 2.45) is 0 Å². The van der Waals surface area contributed by atoms with E-state index in [4.69, 9.17) is 0 Å². The lowest BCUT2D eigenvalue weighted by Gasteiger charge is -2.26. The number of rotatable bonds is 4. The van der Waals surface area contributed by atoms with E-state index in [2.05, 4.69) is 133 Å². The minimum Gasteiger partial charge on any atom is -0.310 e. The molecule has 0 aliphatic heterocycles. The minimum absolute atomic E-state index is 1.15. The van der Waals surface area contributed by atoms with Gasteiger partial charge in [0.25, 0.3) is 0 Å². The molecule has 0 aliphatic carbocycles. The van der Waals surface area contributed by atoms with Gasteiger partial charge >= 0.3 is 0 Å². The van der Waals surface area contributed by atoms with Crippen molar-refractivity contribution in [1.29, 1.82) is 0 Å². The number of nitrogens with zero attached hydrogens (tertiary/aromatic N) is 1. The van der Waals surface area contributed by atoms with Gasteiger partial charge in [-0.2, -0.15) is 0 Å². The zero-order chi connectivity index (χ0) is 20.3. The van der Waals surface area contributed by atoms with Crippen LogP contribution in [-0.2, 0) is 0 Å². The Labute approximate surface area is 177 Å². The Morgan fingerprint density at radius 1 is 0.433 bits per heavy atom. The molecule has 0 aromatic heterocycles. The summed E-state index contributed by atoms with van der Waals surface area (Å²) in [6.07, 6.45) is 0. The van der Waals surface area contributed by atoms with Gasteiger partial charge in [0.05, 0.1) is 0 Å². The molecule has 0 fully saturated rings. The monoisotopic (exact) mass is 385 g/mol. The average molecular weight is 386 g/mol. The molecule has 5 rings (SSSR count). The summed E-state index contributed by atoms with van der Waals surface area (Å²) in [5.74, 6) is 0. The first-order chi connectivity index (χ1) is 14.8. The Bertz CT molecular complexity index is 1270. The summed E-state index contributed by atoms with van der Waals surface area (Å²) in [7, 11) is 0. The second-order valence-corrected chi connectivity index (χ2v) is 7.62. The number of anilines is 3. The van der Waals surface area contributed by atoms with E-state index >= 15 is 0 Å². The van der Waals surface area contributed by atoms with Crippen LogP contribution in [-0.4, -0.2) is 0 Å². The summed E-state index contributed by atoms with van der Waals surface area (Å²) in [6.45, 7) is 2.12. The van der Waals surface area contributed by atoms with Crippen LogP contribution in [0.25, 0.3) is 21.9 Å². The topological polar surface area (TPSA) is 3.24 Å². The molecule has 0 unspecified atom stereocenters. The normalized spacial score (nSPS) is 10.8. The molecule has 0 atom stereocenters. The molecule has 5 aromatic rings. The average Bonchev–Trinajstić information content (AvgIpc) is 2.81. The Morgan fingerprint density at radius 3 is 1.67 bits per heavy atom. The molecule has 0 amide bonds. The van der Waals surface area contributed by atoms with Crippen LogP contribution in [0.5, 0.6) is 0 Å². The van der Waals surface area contributed by atoms with Crippen molar-refractivity contribution in [3.8, 4) is 11.1 Å². The molecule has 0 radical (unpaired) electrons. The van der Waals surface area contributed by atoms with Crippen molar-refractivity contribution in [3.63, 3.8) is 0 Å². The largest absolute Gasteiger partial charge is 0.310 e. The predicted octanol–water partition coefficient (Wildman–Crippen LogP) is 8.29. The van der Waals surface area contributed by atoms with Gasteiger partial charge in [0.2, 0.25) is 0 Å². The van der Waals surface area contributed by atoms with Crippen LogP contribution >= 0.6 is 0 Å². The molecule has 0 saturated carbocycles. The zero-order valence-corrected chi connectivity index (χ0v) is 17.0. The molecule has 0 saturated heterocycles. The molecular weight excluding hydrogens is 362 g/mol. The van der Waals surface area contributed by atoms with Crippen LogP contribution in [0.2, 0.25) is 0 Å². The van der Waals surface area contributed by atoms with Gasteiger partial charge in [-0.1, -0.05) is 90.5 Å². The van der Waals surface area contributed by atoms with E-state index in [1.807, 2.05) is 0 Å². The van der Waals surface area contributed by atoms with Crippen molar-refractivity contribution >= 4 is 27.8 Å². The number of benzene rings is 5. The number of aryl methyl sites for hydroxylation is 1. The van der Waals surface area contributed by atoms with E-state index in [0.717, 1.165) is 17.1 Å². The van der Waals surface area contributed by atoms with Gasteiger partial charge in [-0.05, 0) is 65.2 Å². The third kappa shape index (κ3) is 3.58. The number of hydrogen-bond acceptors (Lipinski definition) is 1. The summed E-state index contributed by atoms with van der Waals surface area (Å²) >= 11 is 0. The fourth-order valence-corrected chi connectivity index (χ4v) is 3.89. The lowest BCUT2D eigenvalue weighted by Crippen LogP contribution is -2.09. The molecule has 30 heavy (non-hydrogen) atoms. The third-order valence-corrected chi connectivity index (χ3v) is 5.52. The molecule has 5 aromatic carbocycles. The van der Waals surface area contributed by atoms with Gasteiger partial charge in [-0.15, -0.1) is 0 Å². The van der Waals surface area contributed by atoms with Crippen LogP contribution in [0.1, 0.15) is 5.56 Å². The molecule has 1 nitrogen and oxygen atoms in total. The Morgan fingerprint density at radius 2 is 0.967 bits per heavy atom. The fraction of sp³-hybridized carbons (Fsp3) is 0.0345. The molecule has 0 heterocycles. The summed E-state index contributed by atoms with van der Waals surface area (Å²) in [6, 6.07) is 43.2. The Kier molecular flexibility index (Phi) is 4.78. The number of para-hydroxylation sites is 1. The maximum absolute atomic E-state index is 2.31. The Balaban J connectivity index is 1.59. The maximum Gasteiger partial charge on any atom is 0.0468 e. The molecule has 0 N–H and O–H groups in total. The second-order valence-electron chi connectivity index (χ2n) is 7.62. The van der Waals surface area contributed by atoms with E-state index in [1.54, 1.807) is 0 Å². The summed E-state index contributed by atoms with van der Waals surface area (Å²) in [5.41, 5.74) is 7.20. The maximum atomic E-state index is 2.31. The SMILES string of the molecule is Cc1ccc(-c2ccc(N(c3ccccc3)c3ccc4ccccc4c3)cc2)cc1. The van der Waals surface area contributed by atoms with Gasteiger partial charge in [0.1, 0.15) is 0 Å². The van der Waals surface area contributed by atoms with Crippen molar-refractivity contribution in [2.45, 2.75) is 6.92 Å². The Hall–Kier alpha value is -3.84. The van der Waals surface area contributed by atoms with Crippen LogP contribution in [0, 0.1) is 6.92 Å². The molecule has 0 spiro atoms. The number of hydrogen-bond donors (Lipinski definition) is 0. The lowest BCUT2D eigenvalue weighted by atomic mass is 10.0. The molecule has 0 bridgehead atoms. The highest BCUT2D eigenvalue weighted by molar-refractivity contribution is 5.89. The van der Waals surface area contributed by atoms with Crippen molar-refractivity contribution in [2.75, 3.05) is 4.90 Å². The smallest absolute Gasteiger partial charge is 0.0468 e. The summed E-state index contributed by atoms with van der Waals surface area (Å²) < 4.78 is 0. The van der Waals surface area contributed by atoms with Crippen LogP contribution in [0.3, 0.4) is 0 Å². The standard InChI is InChI=1S/C29H23N/c1-22-11-13-24(14-12-22)25-15-18-28(19-16-25)30(27-9-3-2-4-10-27)29-20-17-23-7-5-6-8-26(23)21-29/h2-21H,1H3. The summed E-state index contributed by atoms with van der Waals surface area (Å²) in [5, 5.41) is 2.50. The van der Waals surface area contributed by atoms with Crippen LogP contribution in [0.4, 0.5) is 17.1 Å². The first-order valence-electron chi connectivity index (χ1n) is 10.3. The lowest BCUT2D eigenvalue weighted by molar-refractivity contribution is 1.29.